The van der Waals surface area contributed by atoms with Gasteiger partial charge in [0.1, 0.15) is 5.92 Å². The number of aliphatic hydroxyl groups is 1. The van der Waals surface area contributed by atoms with E-state index in [1.54, 1.807) is 0 Å². The fourth-order valence-corrected chi connectivity index (χ4v) is 1.76. The van der Waals surface area contributed by atoms with E-state index >= 15 is 0 Å². The van der Waals surface area contributed by atoms with Gasteiger partial charge in [0.15, 0.2) is 11.5 Å². The maximum absolute atomic E-state index is 11.8. The van der Waals surface area contributed by atoms with Crippen LogP contribution in [0.1, 0.15) is 6.42 Å². The molecule has 2 heterocycles. The summed E-state index contributed by atoms with van der Waals surface area (Å²) in [5.41, 5.74) is 0.00405. The molecule has 2 amide bonds. The van der Waals surface area contributed by atoms with Gasteiger partial charge in [-0.25, -0.2) is 4.99 Å². The Balaban J connectivity index is 2.14. The third-order valence-electron chi connectivity index (χ3n) is 2.75. The minimum atomic E-state index is -1.05. The molecule has 0 aromatic rings. The number of rotatable bonds is 4. The van der Waals surface area contributed by atoms with Gasteiger partial charge in [0, 0.05) is 24.5 Å². The molecule has 0 saturated heterocycles. The van der Waals surface area contributed by atoms with Crippen LogP contribution in [0.25, 0.3) is 0 Å². The third-order valence-corrected chi connectivity index (χ3v) is 2.75. The number of nitrogens with one attached hydrogen (secondary N) is 1. The Morgan fingerprint density at radius 1 is 1.35 bits per heavy atom. The number of carboxylic acid groups (broad SMARTS) is 1. The maximum Gasteiger partial charge on any atom is 0.305 e. The number of carbonyl (C=O) groups is 3. The van der Waals surface area contributed by atoms with E-state index in [1.165, 1.54) is 18.5 Å². The van der Waals surface area contributed by atoms with Crippen molar-refractivity contribution in [3.05, 3.63) is 23.1 Å². The summed E-state index contributed by atoms with van der Waals surface area (Å²) in [7, 11) is 0. The zero-order chi connectivity index (χ0) is 14.7. The van der Waals surface area contributed by atoms with E-state index in [9.17, 15) is 19.5 Å². The normalized spacial score (nSPS) is 20.5. The number of fused-ring (bicyclic) bond motifs is 1. The number of carboxylic acids is 1. The van der Waals surface area contributed by atoms with Crippen molar-refractivity contribution >= 4 is 30.2 Å². The molecular weight excluding hydrogens is 266 g/mol. The highest BCUT2D eigenvalue weighted by Crippen LogP contribution is 2.27. The van der Waals surface area contributed by atoms with E-state index in [-0.39, 0.29) is 24.2 Å². The molecule has 2 rings (SSSR count). The van der Waals surface area contributed by atoms with Crippen LogP contribution in [0.2, 0.25) is 0 Å². The number of amides is 2. The number of aliphatic carboxylic acids is 1. The van der Waals surface area contributed by atoms with E-state index in [2.05, 4.69) is 15.3 Å². The number of hydrogen-bond acceptors (Lipinski definition) is 5. The summed E-state index contributed by atoms with van der Waals surface area (Å²) in [6.07, 6.45) is 3.66. The smallest absolute Gasteiger partial charge is 0.305 e. The molecule has 0 fully saturated rings. The van der Waals surface area contributed by atoms with Crippen LogP contribution < -0.4 is 5.32 Å². The van der Waals surface area contributed by atoms with Crippen molar-refractivity contribution in [3.8, 4) is 0 Å². The molecule has 0 saturated carbocycles. The van der Waals surface area contributed by atoms with Gasteiger partial charge in [-0.2, -0.15) is 0 Å². The second kappa shape index (κ2) is 5.47. The lowest BCUT2D eigenvalue weighted by molar-refractivity contribution is -0.136. The first-order valence-electron chi connectivity index (χ1n) is 5.76. The lowest BCUT2D eigenvalue weighted by Crippen LogP contribution is -2.31. The molecule has 0 spiro atoms. The molecule has 8 heteroatoms. The lowest BCUT2D eigenvalue weighted by Gasteiger charge is -2.20. The zero-order valence-electron chi connectivity index (χ0n) is 10.2. The summed E-state index contributed by atoms with van der Waals surface area (Å²) in [4.78, 5) is 40.9. The van der Waals surface area contributed by atoms with Crippen LogP contribution >= 0.6 is 0 Å². The number of allylic oxidation sites excluding steroid dienone is 2. The van der Waals surface area contributed by atoms with Crippen molar-refractivity contribution in [1.29, 1.82) is 0 Å². The molecule has 3 N–H and O–H groups in total. The second-order valence-corrected chi connectivity index (χ2v) is 4.09. The molecule has 0 aliphatic carbocycles. The van der Waals surface area contributed by atoms with Gasteiger partial charge < -0.3 is 15.5 Å². The van der Waals surface area contributed by atoms with Crippen LogP contribution in [-0.2, 0) is 14.4 Å². The molecule has 0 radical (unpaired) electrons. The van der Waals surface area contributed by atoms with Crippen LogP contribution in [0.4, 0.5) is 0 Å². The number of hydrogen-bond donors (Lipinski definition) is 3. The fraction of sp³-hybridized carbons (Fsp3) is 0.250. The summed E-state index contributed by atoms with van der Waals surface area (Å²) in [5.74, 6) is -3.40. The summed E-state index contributed by atoms with van der Waals surface area (Å²) in [5, 5.41) is 20.8. The monoisotopic (exact) mass is 277 g/mol. The van der Waals surface area contributed by atoms with Gasteiger partial charge in [0.2, 0.25) is 0 Å². The van der Waals surface area contributed by atoms with Crippen molar-refractivity contribution in [1.82, 2.24) is 5.32 Å². The van der Waals surface area contributed by atoms with Gasteiger partial charge in [0.25, 0.3) is 11.8 Å². The lowest BCUT2D eigenvalue weighted by atomic mass is 9.92. The Morgan fingerprint density at radius 2 is 2.10 bits per heavy atom. The van der Waals surface area contributed by atoms with Crippen molar-refractivity contribution in [2.45, 2.75) is 6.42 Å². The molecular formula is C12H11N3O5. The van der Waals surface area contributed by atoms with Crippen molar-refractivity contribution in [2.75, 3.05) is 6.54 Å². The minimum absolute atomic E-state index is 0.0800. The Hall–Kier alpha value is -2.77. The topological polar surface area (TPSA) is 128 Å². The highest BCUT2D eigenvalue weighted by Gasteiger charge is 2.32. The summed E-state index contributed by atoms with van der Waals surface area (Å²) >= 11 is 0. The van der Waals surface area contributed by atoms with E-state index in [4.69, 9.17) is 5.11 Å². The Kier molecular flexibility index (Phi) is 3.74. The highest BCUT2D eigenvalue weighted by molar-refractivity contribution is 6.09. The molecule has 104 valence electrons. The SMILES string of the molecule is O=C(O)CCNC(=O)C1=C(O)C2=CC=NC(=O)C2C=N1. The van der Waals surface area contributed by atoms with E-state index in [0.717, 1.165) is 0 Å². The van der Waals surface area contributed by atoms with Gasteiger partial charge in [-0.1, -0.05) is 0 Å². The van der Waals surface area contributed by atoms with Gasteiger partial charge in [-0.3, -0.25) is 19.4 Å². The quantitative estimate of drug-likeness (QED) is 0.643. The maximum atomic E-state index is 11.8. The molecule has 1 atom stereocenters. The van der Waals surface area contributed by atoms with Crippen molar-refractivity contribution in [3.63, 3.8) is 0 Å². The minimum Gasteiger partial charge on any atom is -0.505 e. The number of aliphatic imine (C=N–C) groups is 2. The fourth-order valence-electron chi connectivity index (χ4n) is 1.76. The predicted molar refractivity (Wildman–Crippen MR) is 68.5 cm³/mol. The van der Waals surface area contributed by atoms with Crippen LogP contribution in [0.5, 0.6) is 0 Å². The van der Waals surface area contributed by atoms with Gasteiger partial charge in [0.05, 0.1) is 6.42 Å². The summed E-state index contributed by atoms with van der Waals surface area (Å²) in [6.45, 7) is -0.0800. The third kappa shape index (κ3) is 2.63. The van der Waals surface area contributed by atoms with E-state index in [0.29, 0.717) is 0 Å². The second-order valence-electron chi connectivity index (χ2n) is 4.09. The average molecular weight is 277 g/mol. The zero-order valence-corrected chi connectivity index (χ0v) is 10.2. The van der Waals surface area contributed by atoms with E-state index in [1.807, 2.05) is 0 Å². The molecule has 0 aromatic carbocycles. The van der Waals surface area contributed by atoms with E-state index < -0.39 is 29.5 Å². The summed E-state index contributed by atoms with van der Waals surface area (Å²) < 4.78 is 0. The largest absolute Gasteiger partial charge is 0.505 e. The molecule has 2 aliphatic rings. The molecule has 1 unspecified atom stereocenters. The van der Waals surface area contributed by atoms with Crippen LogP contribution in [0.3, 0.4) is 0 Å². The highest BCUT2D eigenvalue weighted by atomic mass is 16.4. The Bertz CT molecular complexity index is 600. The standard InChI is InChI=1S/C12H11N3O5/c16-8(17)2-4-14-12(20)9-10(18)6-1-3-13-11(19)7(6)5-15-9/h1,3,5,7,18H,2,4H2,(H,14,20)(H,16,17). The molecule has 2 aliphatic heterocycles. The first-order valence-corrected chi connectivity index (χ1v) is 5.76. The first-order chi connectivity index (χ1) is 9.50. The number of aliphatic hydroxyl groups excluding tert-OH is 1. The first kappa shape index (κ1) is 13.7. The van der Waals surface area contributed by atoms with Gasteiger partial charge in [-0.05, 0) is 6.08 Å². The van der Waals surface area contributed by atoms with Crippen molar-refractivity contribution < 1.29 is 24.6 Å². The average Bonchev–Trinajstić information content (AvgIpc) is 2.39. The van der Waals surface area contributed by atoms with Gasteiger partial charge in [-0.15, -0.1) is 0 Å². The van der Waals surface area contributed by atoms with Crippen molar-refractivity contribution in [2.24, 2.45) is 15.9 Å². The van der Waals surface area contributed by atoms with Gasteiger partial charge >= 0.3 is 5.97 Å². The molecule has 8 nitrogen and oxygen atoms in total. The van der Waals surface area contributed by atoms with Crippen LogP contribution in [0, 0.1) is 5.92 Å². The Labute approximate surface area is 113 Å². The molecule has 0 aromatic heterocycles. The molecule has 20 heavy (non-hydrogen) atoms. The van der Waals surface area contributed by atoms with Crippen LogP contribution in [-0.4, -0.2) is 47.0 Å². The number of dihydropyridines is 1. The number of nitrogens with zero attached hydrogens (tertiary/aromatic N) is 2. The Morgan fingerprint density at radius 3 is 2.80 bits per heavy atom. The summed E-state index contributed by atoms with van der Waals surface area (Å²) in [6, 6.07) is 0. The molecule has 0 bridgehead atoms. The number of carbonyl (C=O) groups excluding carboxylic acids is 2. The predicted octanol–water partition coefficient (Wildman–Crippen LogP) is -0.415. The van der Waals surface area contributed by atoms with Crippen LogP contribution in [0.15, 0.2) is 33.1 Å².